The zero-order valence-corrected chi connectivity index (χ0v) is 11.7. The molecule has 0 atom stereocenters. The van der Waals surface area contributed by atoms with Gasteiger partial charge in [-0.05, 0) is 36.8 Å². The number of rotatable bonds is 4. The number of carbonyl (C=O) groups is 1. The standard InChI is InChI=1S/C14H11ClN2O4/c1-8-2-5-13(17(20)21)12(6-8)16-9-3-4-10(14(18)19)11(15)7-9/h2-7,16H,1H3,(H,18,19). The molecule has 0 aromatic heterocycles. The second kappa shape index (κ2) is 5.80. The molecule has 0 aliphatic carbocycles. The summed E-state index contributed by atoms with van der Waals surface area (Å²) in [6, 6.07) is 8.94. The Morgan fingerprint density at radius 2 is 2.00 bits per heavy atom. The summed E-state index contributed by atoms with van der Waals surface area (Å²) in [4.78, 5) is 21.4. The molecule has 21 heavy (non-hydrogen) atoms. The Bertz CT molecular complexity index is 731. The van der Waals surface area contributed by atoms with Crippen LogP contribution in [0.4, 0.5) is 17.1 Å². The first-order valence-corrected chi connectivity index (χ1v) is 6.31. The van der Waals surface area contributed by atoms with E-state index in [9.17, 15) is 14.9 Å². The fraction of sp³-hybridized carbons (Fsp3) is 0.0714. The summed E-state index contributed by atoms with van der Waals surface area (Å²) in [6.45, 7) is 1.81. The van der Waals surface area contributed by atoms with Crippen molar-refractivity contribution < 1.29 is 14.8 Å². The quantitative estimate of drug-likeness (QED) is 0.658. The molecule has 0 unspecified atom stereocenters. The van der Waals surface area contributed by atoms with Crippen molar-refractivity contribution in [3.05, 3.63) is 62.7 Å². The zero-order chi connectivity index (χ0) is 15.6. The Morgan fingerprint density at radius 1 is 1.29 bits per heavy atom. The van der Waals surface area contributed by atoms with Crippen molar-refractivity contribution in [2.24, 2.45) is 0 Å². The van der Waals surface area contributed by atoms with E-state index in [4.69, 9.17) is 16.7 Å². The smallest absolute Gasteiger partial charge is 0.337 e. The van der Waals surface area contributed by atoms with Crippen LogP contribution in [0.25, 0.3) is 0 Å². The predicted octanol–water partition coefficient (Wildman–Crippen LogP) is 4.00. The molecular formula is C14H11ClN2O4. The van der Waals surface area contributed by atoms with E-state index in [1.165, 1.54) is 24.3 Å². The van der Waals surface area contributed by atoms with Crippen LogP contribution in [0.15, 0.2) is 36.4 Å². The summed E-state index contributed by atoms with van der Waals surface area (Å²) >= 11 is 5.87. The van der Waals surface area contributed by atoms with Crippen LogP contribution < -0.4 is 5.32 Å². The Labute approximate surface area is 125 Å². The third kappa shape index (κ3) is 3.29. The Kier molecular flexibility index (Phi) is 4.09. The van der Waals surface area contributed by atoms with Gasteiger partial charge >= 0.3 is 5.97 Å². The minimum Gasteiger partial charge on any atom is -0.478 e. The van der Waals surface area contributed by atoms with Crippen molar-refractivity contribution in [1.82, 2.24) is 0 Å². The van der Waals surface area contributed by atoms with Gasteiger partial charge in [-0.2, -0.15) is 0 Å². The molecule has 2 N–H and O–H groups in total. The average Bonchev–Trinajstić information content (AvgIpc) is 2.37. The summed E-state index contributed by atoms with van der Waals surface area (Å²) in [5.41, 5.74) is 1.55. The highest BCUT2D eigenvalue weighted by Gasteiger charge is 2.15. The number of benzene rings is 2. The number of anilines is 2. The predicted molar refractivity (Wildman–Crippen MR) is 79.5 cm³/mol. The summed E-state index contributed by atoms with van der Waals surface area (Å²) in [7, 11) is 0. The van der Waals surface area contributed by atoms with Gasteiger partial charge in [0.25, 0.3) is 5.69 Å². The van der Waals surface area contributed by atoms with Crippen molar-refractivity contribution in [2.75, 3.05) is 5.32 Å². The summed E-state index contributed by atoms with van der Waals surface area (Å²) < 4.78 is 0. The number of halogens is 1. The van der Waals surface area contributed by atoms with Gasteiger partial charge in [0.15, 0.2) is 0 Å². The molecule has 0 bridgehead atoms. The molecule has 0 saturated heterocycles. The van der Waals surface area contributed by atoms with E-state index in [-0.39, 0.29) is 16.3 Å². The number of aryl methyl sites for hydroxylation is 1. The normalized spacial score (nSPS) is 10.2. The number of hydrogen-bond donors (Lipinski definition) is 2. The lowest BCUT2D eigenvalue weighted by atomic mass is 10.1. The minimum absolute atomic E-state index is 0.0269. The summed E-state index contributed by atoms with van der Waals surface area (Å²) in [5, 5.41) is 22.8. The van der Waals surface area contributed by atoms with Crippen molar-refractivity contribution >= 4 is 34.6 Å². The molecule has 2 rings (SSSR count). The van der Waals surface area contributed by atoms with Crippen LogP contribution in [0.2, 0.25) is 5.02 Å². The highest BCUT2D eigenvalue weighted by atomic mass is 35.5. The number of nitrogens with one attached hydrogen (secondary N) is 1. The first-order chi connectivity index (χ1) is 9.88. The largest absolute Gasteiger partial charge is 0.478 e. The Morgan fingerprint density at radius 3 is 2.57 bits per heavy atom. The third-order valence-electron chi connectivity index (χ3n) is 2.83. The maximum absolute atomic E-state index is 11.0. The van der Waals surface area contributed by atoms with Gasteiger partial charge in [-0.25, -0.2) is 4.79 Å². The van der Waals surface area contributed by atoms with Crippen molar-refractivity contribution in [3.63, 3.8) is 0 Å². The topological polar surface area (TPSA) is 92.5 Å². The lowest BCUT2D eigenvalue weighted by Gasteiger charge is -2.09. The van der Waals surface area contributed by atoms with Gasteiger partial charge in [0, 0.05) is 11.8 Å². The molecule has 0 heterocycles. The molecule has 7 heteroatoms. The molecule has 0 radical (unpaired) electrons. The highest BCUT2D eigenvalue weighted by molar-refractivity contribution is 6.33. The van der Waals surface area contributed by atoms with Gasteiger partial charge in [0.1, 0.15) is 5.69 Å². The Hall–Kier alpha value is -2.60. The van der Waals surface area contributed by atoms with Crippen LogP contribution in [-0.2, 0) is 0 Å². The molecule has 0 amide bonds. The van der Waals surface area contributed by atoms with Gasteiger partial charge in [-0.15, -0.1) is 0 Å². The van der Waals surface area contributed by atoms with Gasteiger partial charge < -0.3 is 10.4 Å². The fourth-order valence-corrected chi connectivity index (χ4v) is 2.09. The average molecular weight is 307 g/mol. The third-order valence-corrected chi connectivity index (χ3v) is 3.14. The lowest BCUT2D eigenvalue weighted by Crippen LogP contribution is -2.00. The monoisotopic (exact) mass is 306 g/mol. The minimum atomic E-state index is -1.13. The SMILES string of the molecule is Cc1ccc([N+](=O)[O-])c(Nc2ccc(C(=O)O)c(Cl)c2)c1. The second-order valence-electron chi connectivity index (χ2n) is 4.40. The molecular weight excluding hydrogens is 296 g/mol. The first kappa shape index (κ1) is 14.8. The zero-order valence-electron chi connectivity index (χ0n) is 11.0. The van der Waals surface area contributed by atoms with Gasteiger partial charge in [0.2, 0.25) is 0 Å². The fourth-order valence-electron chi connectivity index (χ4n) is 1.83. The molecule has 0 fully saturated rings. The molecule has 108 valence electrons. The van der Waals surface area contributed by atoms with Crippen LogP contribution in [0, 0.1) is 17.0 Å². The van der Waals surface area contributed by atoms with Crippen LogP contribution in [0.5, 0.6) is 0 Å². The number of carboxylic acid groups (broad SMARTS) is 1. The number of nitrogens with zero attached hydrogens (tertiary/aromatic N) is 1. The number of nitro groups is 1. The summed E-state index contributed by atoms with van der Waals surface area (Å²) in [6.07, 6.45) is 0. The summed E-state index contributed by atoms with van der Waals surface area (Å²) in [5.74, 6) is -1.13. The second-order valence-corrected chi connectivity index (χ2v) is 4.81. The number of carboxylic acids is 1. The molecule has 0 spiro atoms. The molecule has 6 nitrogen and oxygen atoms in total. The van der Waals surface area contributed by atoms with Crippen molar-refractivity contribution in [1.29, 1.82) is 0 Å². The maximum atomic E-state index is 11.0. The molecule has 2 aromatic carbocycles. The maximum Gasteiger partial charge on any atom is 0.337 e. The first-order valence-electron chi connectivity index (χ1n) is 5.93. The number of hydrogen-bond acceptors (Lipinski definition) is 4. The van der Waals surface area contributed by atoms with E-state index >= 15 is 0 Å². The molecule has 0 aliphatic rings. The van der Waals surface area contributed by atoms with E-state index in [2.05, 4.69) is 5.32 Å². The van der Waals surface area contributed by atoms with Gasteiger partial charge in [-0.1, -0.05) is 17.7 Å². The van der Waals surface area contributed by atoms with Crippen molar-refractivity contribution in [2.45, 2.75) is 6.92 Å². The van der Waals surface area contributed by atoms with Crippen LogP contribution >= 0.6 is 11.6 Å². The molecule has 0 aliphatic heterocycles. The van der Waals surface area contributed by atoms with Gasteiger partial charge in [0.05, 0.1) is 15.5 Å². The molecule has 0 saturated carbocycles. The number of aromatic carboxylic acids is 1. The van der Waals surface area contributed by atoms with E-state index in [0.717, 1.165) is 5.56 Å². The van der Waals surface area contributed by atoms with E-state index in [1.54, 1.807) is 12.1 Å². The highest BCUT2D eigenvalue weighted by Crippen LogP contribution is 2.30. The Balaban J connectivity index is 2.38. The van der Waals surface area contributed by atoms with Gasteiger partial charge in [-0.3, -0.25) is 10.1 Å². The molecule has 2 aromatic rings. The number of nitro benzene ring substituents is 1. The van der Waals surface area contributed by atoms with Crippen LogP contribution in [0.1, 0.15) is 15.9 Å². The van der Waals surface area contributed by atoms with E-state index in [1.807, 2.05) is 6.92 Å². The van der Waals surface area contributed by atoms with Crippen molar-refractivity contribution in [3.8, 4) is 0 Å². The lowest BCUT2D eigenvalue weighted by molar-refractivity contribution is -0.383. The van der Waals surface area contributed by atoms with E-state index in [0.29, 0.717) is 11.4 Å². The van der Waals surface area contributed by atoms with E-state index < -0.39 is 10.9 Å². The van der Waals surface area contributed by atoms with Crippen LogP contribution in [0.3, 0.4) is 0 Å². The van der Waals surface area contributed by atoms with Crippen LogP contribution in [-0.4, -0.2) is 16.0 Å².